The fraction of sp³-hybridized carbons (Fsp3) is 0. The third-order valence-corrected chi connectivity index (χ3v) is 4.46. The monoisotopic (exact) mass is 409 g/mol. The summed E-state index contributed by atoms with van der Waals surface area (Å²) in [6.07, 6.45) is 1.45. The molecule has 2 amide bonds. The van der Waals surface area contributed by atoms with E-state index in [4.69, 9.17) is 4.74 Å². The van der Waals surface area contributed by atoms with Gasteiger partial charge in [-0.05, 0) is 41.3 Å². The van der Waals surface area contributed by atoms with E-state index in [1.54, 1.807) is 12.1 Å². The number of hydrogen-bond acceptors (Lipinski definition) is 4. The molecule has 6 nitrogen and oxygen atoms in total. The lowest BCUT2D eigenvalue weighted by atomic mass is 10.1. The number of nitrogens with zero attached hydrogens (tertiary/aromatic N) is 1. The predicted molar refractivity (Wildman–Crippen MR) is 121 cm³/mol. The molecule has 152 valence electrons. The minimum Gasteiger partial charge on any atom is -0.457 e. The third-order valence-electron chi connectivity index (χ3n) is 4.46. The molecule has 0 fully saturated rings. The van der Waals surface area contributed by atoms with Crippen LogP contribution < -0.4 is 15.5 Å². The molecular weight excluding hydrogens is 390 g/mol. The molecule has 0 aliphatic rings. The Kier molecular flexibility index (Phi) is 6.00. The summed E-state index contributed by atoms with van der Waals surface area (Å²) in [6, 6.07) is 29.7. The SMILES string of the molecule is O=C(NN=Cc1cccc(Oc2ccccc2)c1)C(=O)Nc1cccc2ccccc12. The number of rotatable bonds is 5. The van der Waals surface area contributed by atoms with Gasteiger partial charge >= 0.3 is 11.8 Å². The number of nitrogens with one attached hydrogen (secondary N) is 2. The number of hydrogen-bond donors (Lipinski definition) is 2. The molecule has 0 radical (unpaired) electrons. The zero-order chi connectivity index (χ0) is 21.5. The Labute approximate surface area is 179 Å². The number of anilines is 1. The summed E-state index contributed by atoms with van der Waals surface area (Å²) >= 11 is 0. The van der Waals surface area contributed by atoms with E-state index in [1.807, 2.05) is 84.9 Å². The van der Waals surface area contributed by atoms with Crippen LogP contribution in [0.15, 0.2) is 102 Å². The largest absolute Gasteiger partial charge is 0.457 e. The molecule has 0 saturated carbocycles. The smallest absolute Gasteiger partial charge is 0.329 e. The minimum atomic E-state index is -0.860. The Balaban J connectivity index is 1.37. The number of hydrazone groups is 1. The number of ether oxygens (including phenoxy) is 1. The van der Waals surface area contributed by atoms with Crippen LogP contribution in [-0.2, 0) is 9.59 Å². The van der Waals surface area contributed by atoms with Crippen molar-refractivity contribution in [2.45, 2.75) is 0 Å². The zero-order valence-electron chi connectivity index (χ0n) is 16.5. The van der Waals surface area contributed by atoms with Crippen LogP contribution in [0.4, 0.5) is 5.69 Å². The first-order valence-corrected chi connectivity index (χ1v) is 9.64. The molecule has 0 aliphatic carbocycles. The van der Waals surface area contributed by atoms with Gasteiger partial charge in [0.2, 0.25) is 0 Å². The fourth-order valence-electron chi connectivity index (χ4n) is 3.01. The summed E-state index contributed by atoms with van der Waals surface area (Å²) < 4.78 is 5.77. The van der Waals surface area contributed by atoms with E-state index in [0.29, 0.717) is 17.0 Å². The lowest BCUT2D eigenvalue weighted by Gasteiger charge is -2.07. The van der Waals surface area contributed by atoms with Crippen LogP contribution in [-0.4, -0.2) is 18.0 Å². The molecule has 0 aliphatic heterocycles. The van der Waals surface area contributed by atoms with E-state index in [-0.39, 0.29) is 0 Å². The molecule has 0 aromatic heterocycles. The number of para-hydroxylation sites is 1. The molecule has 2 N–H and O–H groups in total. The number of carbonyl (C=O) groups is 2. The summed E-state index contributed by atoms with van der Waals surface area (Å²) in [4.78, 5) is 24.4. The van der Waals surface area contributed by atoms with E-state index in [2.05, 4.69) is 15.8 Å². The first kappa shape index (κ1) is 19.8. The van der Waals surface area contributed by atoms with Gasteiger partial charge in [0.05, 0.1) is 6.21 Å². The van der Waals surface area contributed by atoms with Crippen molar-refractivity contribution >= 4 is 34.5 Å². The average molecular weight is 409 g/mol. The van der Waals surface area contributed by atoms with Gasteiger partial charge in [-0.1, -0.05) is 66.7 Å². The predicted octanol–water partition coefficient (Wildman–Crippen LogP) is 4.72. The Morgan fingerprint density at radius 2 is 1.45 bits per heavy atom. The van der Waals surface area contributed by atoms with Gasteiger partial charge in [-0.3, -0.25) is 9.59 Å². The van der Waals surface area contributed by atoms with Crippen LogP contribution in [0.5, 0.6) is 11.5 Å². The summed E-state index contributed by atoms with van der Waals surface area (Å²) in [5.41, 5.74) is 3.52. The molecule has 0 spiro atoms. The Morgan fingerprint density at radius 1 is 0.742 bits per heavy atom. The normalized spacial score (nSPS) is 10.7. The molecule has 0 bridgehead atoms. The maximum absolute atomic E-state index is 12.2. The number of fused-ring (bicyclic) bond motifs is 1. The van der Waals surface area contributed by atoms with Crippen molar-refractivity contribution in [2.24, 2.45) is 5.10 Å². The average Bonchev–Trinajstić information content (AvgIpc) is 2.80. The summed E-state index contributed by atoms with van der Waals surface area (Å²) in [5.74, 6) is -0.305. The Bertz CT molecular complexity index is 1250. The fourth-order valence-corrected chi connectivity index (χ4v) is 3.01. The van der Waals surface area contributed by atoms with Crippen LogP contribution in [0.25, 0.3) is 10.8 Å². The highest BCUT2D eigenvalue weighted by Gasteiger charge is 2.14. The van der Waals surface area contributed by atoms with Gasteiger partial charge in [0.1, 0.15) is 11.5 Å². The molecule has 0 saturated heterocycles. The molecule has 0 heterocycles. The molecule has 0 atom stereocenters. The van der Waals surface area contributed by atoms with Crippen molar-refractivity contribution in [3.8, 4) is 11.5 Å². The second kappa shape index (κ2) is 9.37. The van der Waals surface area contributed by atoms with Crippen LogP contribution in [0.3, 0.4) is 0 Å². The third kappa shape index (κ3) is 5.13. The van der Waals surface area contributed by atoms with Gasteiger partial charge in [-0.15, -0.1) is 0 Å². The van der Waals surface area contributed by atoms with Gasteiger partial charge in [0, 0.05) is 11.1 Å². The summed E-state index contributed by atoms with van der Waals surface area (Å²) in [6.45, 7) is 0. The van der Waals surface area contributed by atoms with Crippen LogP contribution >= 0.6 is 0 Å². The maximum atomic E-state index is 12.2. The second-order valence-electron chi connectivity index (χ2n) is 6.67. The van der Waals surface area contributed by atoms with Gasteiger partial charge in [-0.25, -0.2) is 5.43 Å². The minimum absolute atomic E-state index is 0.563. The molecular formula is C25H19N3O3. The highest BCUT2D eigenvalue weighted by atomic mass is 16.5. The molecule has 0 unspecified atom stereocenters. The van der Waals surface area contributed by atoms with Crippen LogP contribution in [0.1, 0.15) is 5.56 Å². The zero-order valence-corrected chi connectivity index (χ0v) is 16.5. The van der Waals surface area contributed by atoms with E-state index in [0.717, 1.165) is 16.5 Å². The molecule has 6 heteroatoms. The lowest BCUT2D eigenvalue weighted by Crippen LogP contribution is -2.32. The van der Waals surface area contributed by atoms with Crippen molar-refractivity contribution < 1.29 is 14.3 Å². The van der Waals surface area contributed by atoms with E-state index in [9.17, 15) is 9.59 Å². The number of amides is 2. The topological polar surface area (TPSA) is 79.8 Å². The first-order valence-electron chi connectivity index (χ1n) is 9.64. The van der Waals surface area contributed by atoms with Crippen molar-refractivity contribution in [2.75, 3.05) is 5.32 Å². The van der Waals surface area contributed by atoms with Crippen LogP contribution in [0.2, 0.25) is 0 Å². The second-order valence-corrected chi connectivity index (χ2v) is 6.67. The van der Waals surface area contributed by atoms with Gasteiger partial charge in [-0.2, -0.15) is 5.10 Å². The quantitative estimate of drug-likeness (QED) is 0.284. The van der Waals surface area contributed by atoms with Crippen molar-refractivity contribution in [3.05, 3.63) is 103 Å². The van der Waals surface area contributed by atoms with E-state index >= 15 is 0 Å². The molecule has 4 rings (SSSR count). The highest BCUT2D eigenvalue weighted by molar-refractivity contribution is 6.40. The van der Waals surface area contributed by atoms with Crippen molar-refractivity contribution in [1.82, 2.24) is 5.43 Å². The molecule has 4 aromatic carbocycles. The Morgan fingerprint density at radius 3 is 2.32 bits per heavy atom. The summed E-state index contributed by atoms with van der Waals surface area (Å²) in [5, 5.41) is 8.32. The van der Waals surface area contributed by atoms with Gasteiger partial charge in [0.15, 0.2) is 0 Å². The van der Waals surface area contributed by atoms with E-state index in [1.165, 1.54) is 6.21 Å². The lowest BCUT2D eigenvalue weighted by molar-refractivity contribution is -0.136. The van der Waals surface area contributed by atoms with E-state index < -0.39 is 11.8 Å². The summed E-state index contributed by atoms with van der Waals surface area (Å²) in [7, 11) is 0. The van der Waals surface area contributed by atoms with Gasteiger partial charge < -0.3 is 10.1 Å². The first-order chi connectivity index (χ1) is 15.2. The number of benzene rings is 4. The molecule has 4 aromatic rings. The van der Waals surface area contributed by atoms with Crippen molar-refractivity contribution in [1.29, 1.82) is 0 Å². The maximum Gasteiger partial charge on any atom is 0.329 e. The number of carbonyl (C=O) groups excluding carboxylic acids is 2. The van der Waals surface area contributed by atoms with Gasteiger partial charge in [0.25, 0.3) is 0 Å². The highest BCUT2D eigenvalue weighted by Crippen LogP contribution is 2.23. The van der Waals surface area contributed by atoms with Crippen molar-refractivity contribution in [3.63, 3.8) is 0 Å². The van der Waals surface area contributed by atoms with Crippen LogP contribution in [0, 0.1) is 0 Å². The standard InChI is InChI=1S/C25H19N3O3/c29-24(27-23-15-7-10-19-9-4-5-14-22(19)23)25(30)28-26-17-18-8-6-13-21(16-18)31-20-11-2-1-3-12-20/h1-17H,(H,27,29)(H,28,30). The Hall–Kier alpha value is -4.45. The molecule has 31 heavy (non-hydrogen) atoms.